The number of ether oxygens (including phenoxy) is 1. The van der Waals surface area contributed by atoms with E-state index >= 15 is 0 Å². The molecule has 124 valence electrons. The van der Waals surface area contributed by atoms with Crippen LogP contribution in [0.4, 0.5) is 0 Å². The van der Waals surface area contributed by atoms with Crippen LogP contribution in [0.15, 0.2) is 36.4 Å². The Morgan fingerprint density at radius 1 is 1.21 bits per heavy atom. The van der Waals surface area contributed by atoms with Crippen molar-refractivity contribution in [2.45, 2.75) is 13.3 Å². The van der Waals surface area contributed by atoms with Gasteiger partial charge in [0.2, 0.25) is 0 Å². The van der Waals surface area contributed by atoms with Crippen molar-refractivity contribution in [3.05, 3.63) is 46.7 Å². The molecule has 3 rings (SSSR count). The fourth-order valence-electron chi connectivity index (χ4n) is 2.54. The van der Waals surface area contributed by atoms with Gasteiger partial charge in [-0.3, -0.25) is 9.67 Å². The first-order valence-electron chi connectivity index (χ1n) is 7.42. The lowest BCUT2D eigenvalue weighted by atomic mass is 10.1. The number of nitrogens with one attached hydrogen (secondary N) is 1. The molecule has 0 radical (unpaired) electrons. The van der Waals surface area contributed by atoms with Crippen molar-refractivity contribution in [2.24, 2.45) is 0 Å². The Hall–Kier alpha value is -2.80. The number of nitrogens with zero attached hydrogens (tertiary/aromatic N) is 2. The van der Waals surface area contributed by atoms with Crippen LogP contribution in [0.2, 0.25) is 0 Å². The number of rotatable bonds is 4. The molecule has 3 N–H and O–H groups in total. The SMILES string of the molecule is CCc1ccc(OC)c(-n2c(-c3ccc(O)cc3O)n[nH]c2=S)c1. The van der Waals surface area contributed by atoms with Crippen LogP contribution in [0.5, 0.6) is 17.2 Å². The summed E-state index contributed by atoms with van der Waals surface area (Å²) in [7, 11) is 1.59. The van der Waals surface area contributed by atoms with E-state index in [9.17, 15) is 10.2 Å². The molecule has 0 aliphatic rings. The van der Waals surface area contributed by atoms with Crippen LogP contribution in [0, 0.1) is 4.77 Å². The second-order valence-electron chi connectivity index (χ2n) is 5.25. The van der Waals surface area contributed by atoms with Gasteiger partial charge in [0.05, 0.1) is 18.4 Å². The van der Waals surface area contributed by atoms with E-state index in [0.29, 0.717) is 21.9 Å². The molecule has 0 unspecified atom stereocenters. The Labute approximate surface area is 144 Å². The molecule has 0 fully saturated rings. The first-order valence-corrected chi connectivity index (χ1v) is 7.83. The fourth-order valence-corrected chi connectivity index (χ4v) is 2.77. The Morgan fingerprint density at radius 2 is 2.00 bits per heavy atom. The lowest BCUT2D eigenvalue weighted by Gasteiger charge is -2.13. The molecule has 0 atom stereocenters. The number of benzene rings is 2. The Bertz CT molecular complexity index is 946. The van der Waals surface area contributed by atoms with E-state index in [4.69, 9.17) is 17.0 Å². The average Bonchev–Trinajstić information content (AvgIpc) is 2.95. The van der Waals surface area contributed by atoms with E-state index in [1.807, 2.05) is 18.2 Å². The summed E-state index contributed by atoms with van der Waals surface area (Å²) in [6.07, 6.45) is 0.863. The average molecular weight is 343 g/mol. The maximum absolute atomic E-state index is 10.2. The van der Waals surface area contributed by atoms with Gasteiger partial charge in [-0.2, -0.15) is 5.10 Å². The van der Waals surface area contributed by atoms with Gasteiger partial charge in [-0.1, -0.05) is 13.0 Å². The summed E-state index contributed by atoms with van der Waals surface area (Å²) in [6, 6.07) is 10.2. The van der Waals surface area contributed by atoms with Crippen LogP contribution in [0.1, 0.15) is 12.5 Å². The fraction of sp³-hybridized carbons (Fsp3) is 0.176. The molecule has 0 aliphatic heterocycles. The molecular weight excluding hydrogens is 326 g/mol. The van der Waals surface area contributed by atoms with Gasteiger partial charge in [0.25, 0.3) is 0 Å². The summed E-state index contributed by atoms with van der Waals surface area (Å²) in [5.41, 5.74) is 2.30. The van der Waals surface area contributed by atoms with Crippen molar-refractivity contribution >= 4 is 12.2 Å². The highest BCUT2D eigenvalue weighted by atomic mass is 32.1. The molecule has 2 aromatic carbocycles. The van der Waals surface area contributed by atoms with Crippen LogP contribution >= 0.6 is 12.2 Å². The van der Waals surface area contributed by atoms with E-state index in [1.54, 1.807) is 17.7 Å². The lowest BCUT2D eigenvalue weighted by Crippen LogP contribution is -2.02. The standard InChI is InChI=1S/C17H17N3O3S/c1-3-10-4-7-15(23-2)13(8-10)20-16(18-19-17(20)24)12-6-5-11(21)9-14(12)22/h4-9,21-22H,3H2,1-2H3,(H,19,24). The Morgan fingerprint density at radius 3 is 2.67 bits per heavy atom. The monoisotopic (exact) mass is 343 g/mol. The largest absolute Gasteiger partial charge is 0.508 e. The maximum Gasteiger partial charge on any atom is 0.200 e. The summed E-state index contributed by atoms with van der Waals surface area (Å²) < 4.78 is 7.54. The van der Waals surface area contributed by atoms with E-state index in [0.717, 1.165) is 17.7 Å². The Kier molecular flexibility index (Phi) is 4.26. The minimum absolute atomic E-state index is 0.0255. The van der Waals surface area contributed by atoms with Crippen molar-refractivity contribution in [1.82, 2.24) is 14.8 Å². The molecule has 3 aromatic rings. The molecule has 0 bridgehead atoms. The number of H-pyrrole nitrogens is 1. The van der Waals surface area contributed by atoms with Gasteiger partial charge in [-0.15, -0.1) is 0 Å². The normalized spacial score (nSPS) is 10.8. The number of methoxy groups -OCH3 is 1. The first kappa shape index (κ1) is 16.1. The molecule has 0 amide bonds. The van der Waals surface area contributed by atoms with Crippen LogP contribution in [0.3, 0.4) is 0 Å². The maximum atomic E-state index is 10.2. The highest BCUT2D eigenvalue weighted by Gasteiger charge is 2.17. The van der Waals surface area contributed by atoms with E-state index in [2.05, 4.69) is 17.1 Å². The molecule has 0 aliphatic carbocycles. The third-order valence-corrected chi connectivity index (χ3v) is 4.06. The smallest absolute Gasteiger partial charge is 0.200 e. The van der Waals surface area contributed by atoms with Crippen LogP contribution in [-0.2, 0) is 6.42 Å². The van der Waals surface area contributed by atoms with Crippen LogP contribution < -0.4 is 4.74 Å². The quantitative estimate of drug-likeness (QED) is 0.631. The topological polar surface area (TPSA) is 83.3 Å². The number of aryl methyl sites for hydroxylation is 1. The highest BCUT2D eigenvalue weighted by Crippen LogP contribution is 2.34. The van der Waals surface area contributed by atoms with Crippen LogP contribution in [0.25, 0.3) is 17.1 Å². The number of aromatic hydroxyl groups is 2. The Balaban J connectivity index is 2.27. The van der Waals surface area contributed by atoms with Gasteiger partial charge in [0, 0.05) is 6.07 Å². The lowest BCUT2D eigenvalue weighted by molar-refractivity contribution is 0.412. The third-order valence-electron chi connectivity index (χ3n) is 3.79. The first-order chi connectivity index (χ1) is 11.5. The number of aromatic amines is 1. The van der Waals surface area contributed by atoms with Crippen molar-refractivity contribution < 1.29 is 14.9 Å². The van der Waals surface area contributed by atoms with Gasteiger partial charge in [-0.25, -0.2) is 0 Å². The molecule has 0 saturated heterocycles. The summed E-state index contributed by atoms with van der Waals surface area (Å²) in [4.78, 5) is 0. The summed E-state index contributed by atoms with van der Waals surface area (Å²) in [5, 5.41) is 26.6. The van der Waals surface area contributed by atoms with Gasteiger partial charge in [0.1, 0.15) is 17.2 Å². The summed E-state index contributed by atoms with van der Waals surface area (Å²) >= 11 is 5.37. The predicted octanol–water partition coefficient (Wildman–Crippen LogP) is 3.58. The second kappa shape index (κ2) is 6.37. The summed E-state index contributed by atoms with van der Waals surface area (Å²) in [6.45, 7) is 2.06. The molecule has 24 heavy (non-hydrogen) atoms. The molecule has 7 heteroatoms. The zero-order valence-electron chi connectivity index (χ0n) is 13.3. The van der Waals surface area contributed by atoms with E-state index in [-0.39, 0.29) is 11.5 Å². The molecule has 1 heterocycles. The number of aromatic nitrogens is 3. The molecule has 1 aromatic heterocycles. The third kappa shape index (κ3) is 2.74. The van der Waals surface area contributed by atoms with Crippen LogP contribution in [-0.4, -0.2) is 32.1 Å². The van der Waals surface area contributed by atoms with E-state index in [1.165, 1.54) is 12.1 Å². The van der Waals surface area contributed by atoms with Gasteiger partial charge in [0.15, 0.2) is 10.6 Å². The van der Waals surface area contributed by atoms with Gasteiger partial charge >= 0.3 is 0 Å². The number of phenols is 2. The summed E-state index contributed by atoms with van der Waals surface area (Å²) in [5.74, 6) is 0.964. The highest BCUT2D eigenvalue weighted by molar-refractivity contribution is 7.71. The number of hydrogen-bond donors (Lipinski definition) is 3. The molecule has 0 spiro atoms. The van der Waals surface area contributed by atoms with Crippen molar-refractivity contribution in [1.29, 1.82) is 0 Å². The van der Waals surface area contributed by atoms with Crippen molar-refractivity contribution in [2.75, 3.05) is 7.11 Å². The zero-order valence-corrected chi connectivity index (χ0v) is 14.1. The van der Waals surface area contributed by atoms with Gasteiger partial charge < -0.3 is 14.9 Å². The van der Waals surface area contributed by atoms with E-state index < -0.39 is 0 Å². The molecular formula is C17H17N3O3S. The minimum Gasteiger partial charge on any atom is -0.508 e. The molecule has 6 nitrogen and oxygen atoms in total. The minimum atomic E-state index is -0.0872. The van der Waals surface area contributed by atoms with Crippen molar-refractivity contribution in [3.8, 4) is 34.3 Å². The zero-order chi connectivity index (χ0) is 17.3. The molecule has 0 saturated carbocycles. The number of hydrogen-bond acceptors (Lipinski definition) is 5. The van der Waals surface area contributed by atoms with Crippen molar-refractivity contribution in [3.63, 3.8) is 0 Å². The second-order valence-corrected chi connectivity index (χ2v) is 5.64. The predicted molar refractivity (Wildman–Crippen MR) is 93.4 cm³/mol. The van der Waals surface area contributed by atoms with Gasteiger partial charge in [-0.05, 0) is 48.5 Å². The number of phenolic OH excluding ortho intramolecular Hbond substituents is 2.